The van der Waals surface area contributed by atoms with E-state index in [0.29, 0.717) is 43.4 Å². The lowest BCUT2D eigenvalue weighted by atomic mass is 9.94. The summed E-state index contributed by atoms with van der Waals surface area (Å²) < 4.78 is 46.6. The second kappa shape index (κ2) is 10.5. The summed E-state index contributed by atoms with van der Waals surface area (Å²) in [6.07, 6.45) is -4.81. The third kappa shape index (κ3) is 5.50. The molecule has 0 radical (unpaired) electrons. The minimum Gasteiger partial charge on any atom is -0.376 e. The van der Waals surface area contributed by atoms with Gasteiger partial charge in [0.1, 0.15) is 0 Å². The van der Waals surface area contributed by atoms with Gasteiger partial charge in [0.2, 0.25) is 5.82 Å². The number of likely N-dealkylation sites (N-methyl/N-ethyl adjacent to an activating group) is 1. The second-order valence-corrected chi connectivity index (χ2v) is 10.2. The van der Waals surface area contributed by atoms with Crippen molar-refractivity contribution in [1.29, 1.82) is 0 Å². The number of aryl methyl sites for hydroxylation is 1. The van der Waals surface area contributed by atoms with Gasteiger partial charge in [-0.3, -0.25) is 9.48 Å². The Hall–Kier alpha value is -4.03. The van der Waals surface area contributed by atoms with Crippen LogP contribution in [0.3, 0.4) is 0 Å². The minimum atomic E-state index is -4.81. The summed E-state index contributed by atoms with van der Waals surface area (Å²) in [6, 6.07) is 14.4. The molecule has 1 N–H and O–H groups in total. The van der Waals surface area contributed by atoms with E-state index in [1.165, 1.54) is 24.3 Å². The Morgan fingerprint density at radius 3 is 2.42 bits per heavy atom. The number of piperazine rings is 1. The number of rotatable bonds is 6. The molecular formula is C28H29F3N6O3. The fraction of sp³-hybridized carbons (Fsp3) is 0.357. The van der Waals surface area contributed by atoms with E-state index in [1.54, 1.807) is 10.7 Å². The number of halogens is 3. The number of carbonyl (C=O) groups excluding carboxylic acids is 1. The Kier molecular flexibility index (Phi) is 7.23. The normalized spacial score (nSPS) is 16.2. The topological polar surface area (TPSA) is 101 Å². The average Bonchev–Trinajstić information content (AvgIpc) is 3.55. The molecule has 1 saturated heterocycles. The van der Waals surface area contributed by atoms with Gasteiger partial charge in [-0.1, -0.05) is 41.6 Å². The Balaban J connectivity index is 1.30. The highest BCUT2D eigenvalue weighted by Crippen LogP contribution is 2.38. The molecule has 210 valence electrons. The van der Waals surface area contributed by atoms with Gasteiger partial charge in [0.25, 0.3) is 11.8 Å². The number of amides is 1. The fourth-order valence-electron chi connectivity index (χ4n) is 4.49. The van der Waals surface area contributed by atoms with E-state index in [0.717, 1.165) is 24.3 Å². The summed E-state index contributed by atoms with van der Waals surface area (Å²) in [5.41, 5.74) is -0.0155. The van der Waals surface area contributed by atoms with E-state index in [-0.39, 0.29) is 23.2 Å². The molecule has 0 saturated carbocycles. The molecule has 1 aliphatic rings. The lowest BCUT2D eigenvalue weighted by Crippen LogP contribution is -2.47. The maximum absolute atomic E-state index is 13.1. The smallest absolute Gasteiger partial charge is 0.376 e. The summed E-state index contributed by atoms with van der Waals surface area (Å²) in [4.78, 5) is 21.4. The third-order valence-corrected chi connectivity index (χ3v) is 7.18. The lowest BCUT2D eigenvalue weighted by molar-refractivity contribution is -0.258. The third-order valence-electron chi connectivity index (χ3n) is 7.18. The minimum absolute atomic E-state index is 0.0151. The predicted octanol–water partition coefficient (Wildman–Crippen LogP) is 4.11. The molecule has 5 rings (SSSR count). The first-order valence-electron chi connectivity index (χ1n) is 12.8. The summed E-state index contributed by atoms with van der Waals surface area (Å²) >= 11 is 0. The van der Waals surface area contributed by atoms with E-state index in [1.807, 2.05) is 43.1 Å². The van der Waals surface area contributed by atoms with Crippen LogP contribution in [0.4, 0.5) is 13.2 Å². The van der Waals surface area contributed by atoms with Gasteiger partial charge in [-0.05, 0) is 50.2 Å². The molecule has 3 heterocycles. The van der Waals surface area contributed by atoms with Crippen LogP contribution in [0.5, 0.6) is 0 Å². The van der Waals surface area contributed by atoms with Gasteiger partial charge >= 0.3 is 6.18 Å². The van der Waals surface area contributed by atoms with Crippen LogP contribution in [-0.2, 0) is 12.1 Å². The van der Waals surface area contributed by atoms with Crippen molar-refractivity contribution in [2.45, 2.75) is 32.2 Å². The summed E-state index contributed by atoms with van der Waals surface area (Å²) in [5.74, 6) is 0.346. The number of benzene rings is 2. The van der Waals surface area contributed by atoms with Gasteiger partial charge in [-0.25, -0.2) is 0 Å². The van der Waals surface area contributed by atoms with Gasteiger partial charge in [0.15, 0.2) is 11.3 Å². The predicted molar refractivity (Wildman–Crippen MR) is 140 cm³/mol. The van der Waals surface area contributed by atoms with Crippen LogP contribution in [0, 0.1) is 6.92 Å². The highest BCUT2D eigenvalue weighted by molar-refractivity contribution is 5.94. The van der Waals surface area contributed by atoms with Gasteiger partial charge < -0.3 is 19.4 Å². The Labute approximate surface area is 228 Å². The van der Waals surface area contributed by atoms with Crippen LogP contribution in [0.2, 0.25) is 0 Å². The Morgan fingerprint density at radius 2 is 1.75 bits per heavy atom. The van der Waals surface area contributed by atoms with E-state index in [9.17, 15) is 23.1 Å². The summed E-state index contributed by atoms with van der Waals surface area (Å²) in [5, 5.41) is 18.4. The molecule has 0 spiro atoms. The molecule has 1 amide bonds. The Bertz CT molecular complexity index is 1500. The lowest BCUT2D eigenvalue weighted by Gasteiger charge is -2.32. The van der Waals surface area contributed by atoms with Crippen LogP contribution in [0.1, 0.15) is 34.1 Å². The maximum atomic E-state index is 13.1. The number of aromatic nitrogens is 4. The molecule has 1 fully saturated rings. The molecule has 2 aromatic carbocycles. The van der Waals surface area contributed by atoms with Crippen molar-refractivity contribution in [3.63, 3.8) is 0 Å². The molecule has 1 unspecified atom stereocenters. The van der Waals surface area contributed by atoms with Gasteiger partial charge in [-0.2, -0.15) is 23.3 Å². The number of hydrogen-bond acceptors (Lipinski definition) is 7. The molecular weight excluding hydrogens is 525 g/mol. The maximum Gasteiger partial charge on any atom is 0.421 e. The zero-order valence-corrected chi connectivity index (χ0v) is 22.3. The first-order valence-corrected chi connectivity index (χ1v) is 12.8. The molecule has 0 bridgehead atoms. The monoisotopic (exact) mass is 554 g/mol. The Morgan fingerprint density at radius 1 is 1.05 bits per heavy atom. The molecule has 2 aromatic heterocycles. The molecule has 40 heavy (non-hydrogen) atoms. The highest BCUT2D eigenvalue weighted by atomic mass is 19.4. The van der Waals surface area contributed by atoms with Crippen LogP contribution < -0.4 is 0 Å². The van der Waals surface area contributed by atoms with Gasteiger partial charge in [0, 0.05) is 43.0 Å². The summed E-state index contributed by atoms with van der Waals surface area (Å²) in [7, 11) is 2.05. The van der Waals surface area contributed by atoms with Gasteiger partial charge in [0.05, 0.1) is 6.54 Å². The number of aliphatic hydroxyl groups is 1. The second-order valence-electron chi connectivity index (χ2n) is 10.2. The number of nitrogens with zero attached hydrogens (tertiary/aromatic N) is 6. The molecule has 0 aliphatic carbocycles. The van der Waals surface area contributed by atoms with E-state index in [4.69, 9.17) is 4.52 Å². The molecule has 12 heteroatoms. The van der Waals surface area contributed by atoms with Crippen LogP contribution >= 0.6 is 0 Å². The van der Waals surface area contributed by atoms with Crippen molar-refractivity contribution in [3.05, 3.63) is 77.0 Å². The first-order chi connectivity index (χ1) is 18.9. The number of hydrogen-bond donors (Lipinski definition) is 1. The largest absolute Gasteiger partial charge is 0.421 e. The van der Waals surface area contributed by atoms with Crippen molar-refractivity contribution < 1.29 is 27.6 Å². The molecule has 4 aromatic rings. The van der Waals surface area contributed by atoms with E-state index < -0.39 is 11.8 Å². The van der Waals surface area contributed by atoms with Crippen molar-refractivity contribution in [2.24, 2.45) is 0 Å². The number of carbonyl (C=O) groups is 1. The van der Waals surface area contributed by atoms with Crippen molar-refractivity contribution in [3.8, 4) is 23.0 Å². The quantitative estimate of drug-likeness (QED) is 0.383. The molecule has 9 nitrogen and oxygen atoms in total. The van der Waals surface area contributed by atoms with Crippen LogP contribution in [0.15, 0.2) is 59.1 Å². The average molecular weight is 555 g/mol. The van der Waals surface area contributed by atoms with Crippen molar-refractivity contribution in [2.75, 3.05) is 33.2 Å². The zero-order chi connectivity index (χ0) is 28.7. The highest BCUT2D eigenvalue weighted by Gasteiger charge is 2.51. The standard InChI is InChI=1S/C28H29F3N6O3/c1-18-15-23(25-32-24(34-40-25)20-7-9-22(10-8-20)27(2,39)28(29,30)31)33-37(18)17-19-5-4-6-21(16-19)26(38)36-13-11-35(3)12-14-36/h4-10,15-16,39H,11-14,17H2,1-3H3. The SMILES string of the molecule is Cc1cc(-c2nc(-c3ccc(C(C)(O)C(F)(F)F)cc3)no2)nn1Cc1cccc(C(=O)N2CCN(C)CC2)c1. The van der Waals surface area contributed by atoms with Crippen LogP contribution in [0.25, 0.3) is 23.0 Å². The molecule has 1 aliphatic heterocycles. The van der Waals surface area contributed by atoms with E-state index >= 15 is 0 Å². The summed E-state index contributed by atoms with van der Waals surface area (Å²) in [6.45, 7) is 6.12. The first kappa shape index (κ1) is 27.5. The van der Waals surface area contributed by atoms with Crippen molar-refractivity contribution in [1.82, 2.24) is 29.7 Å². The fourth-order valence-corrected chi connectivity index (χ4v) is 4.49. The molecule has 1 atom stereocenters. The van der Waals surface area contributed by atoms with Gasteiger partial charge in [-0.15, -0.1) is 0 Å². The van der Waals surface area contributed by atoms with E-state index in [2.05, 4.69) is 20.1 Å². The number of alkyl halides is 3. The van der Waals surface area contributed by atoms with Crippen LogP contribution in [-0.4, -0.2) is 80.1 Å². The zero-order valence-electron chi connectivity index (χ0n) is 22.3. The van der Waals surface area contributed by atoms with Crippen molar-refractivity contribution >= 4 is 5.91 Å².